The summed E-state index contributed by atoms with van der Waals surface area (Å²) in [6, 6.07) is 6.01. The van der Waals surface area contributed by atoms with Gasteiger partial charge in [-0.15, -0.1) is 0 Å². The van der Waals surface area contributed by atoms with Crippen LogP contribution < -0.4 is 15.3 Å². The van der Waals surface area contributed by atoms with Crippen LogP contribution >= 0.6 is 0 Å². The molecule has 4 rings (SSSR count). The first kappa shape index (κ1) is 16.0. The second kappa shape index (κ2) is 6.08. The Bertz CT molecular complexity index is 985. The third-order valence-corrected chi connectivity index (χ3v) is 5.05. The summed E-state index contributed by atoms with van der Waals surface area (Å²) in [4.78, 5) is 13.5. The van der Waals surface area contributed by atoms with Gasteiger partial charge in [-0.25, -0.2) is 4.79 Å². The van der Waals surface area contributed by atoms with Crippen molar-refractivity contribution in [1.82, 2.24) is 0 Å². The standard InChI is InChI=1S/C20H21NO4/c1-4-16-12(2)17-8-14-9-21(10-15-6-5-7-23-15)11-24-18(14)13(3)19(17)25-20(16)22/h5-8H,4,9-11H2,1-3H3/p+1. The number of nitrogens with one attached hydrogen (secondary N) is 1. The first-order chi connectivity index (χ1) is 12.1. The van der Waals surface area contributed by atoms with Gasteiger partial charge in [0.25, 0.3) is 0 Å². The largest absolute Gasteiger partial charge is 0.463 e. The molecule has 0 radical (unpaired) electrons. The van der Waals surface area contributed by atoms with E-state index in [1.165, 1.54) is 4.90 Å². The molecular weight excluding hydrogens is 318 g/mol. The molecule has 3 heterocycles. The average molecular weight is 340 g/mol. The fraction of sp³-hybridized carbons (Fsp3) is 0.350. The second-order valence-electron chi connectivity index (χ2n) is 6.68. The minimum atomic E-state index is -0.239. The molecule has 1 unspecified atom stereocenters. The summed E-state index contributed by atoms with van der Waals surface area (Å²) < 4.78 is 17.1. The topological polar surface area (TPSA) is 57.0 Å². The molecule has 2 aromatic heterocycles. The zero-order valence-electron chi connectivity index (χ0n) is 14.8. The van der Waals surface area contributed by atoms with Gasteiger partial charge < -0.3 is 13.6 Å². The van der Waals surface area contributed by atoms with Crippen molar-refractivity contribution in [3.05, 3.63) is 62.9 Å². The van der Waals surface area contributed by atoms with Crippen molar-refractivity contribution >= 4 is 11.0 Å². The maximum Gasteiger partial charge on any atom is 0.339 e. The third-order valence-electron chi connectivity index (χ3n) is 5.05. The fourth-order valence-electron chi connectivity index (χ4n) is 3.74. The first-order valence-electron chi connectivity index (χ1n) is 8.66. The third kappa shape index (κ3) is 2.65. The molecule has 0 bridgehead atoms. The van der Waals surface area contributed by atoms with Gasteiger partial charge in [0.2, 0.25) is 6.73 Å². The molecule has 1 aliphatic rings. The second-order valence-corrected chi connectivity index (χ2v) is 6.68. The molecular formula is C20H22NO4+. The summed E-state index contributed by atoms with van der Waals surface area (Å²) in [5, 5.41) is 1.01. The number of hydrogen-bond donors (Lipinski definition) is 1. The van der Waals surface area contributed by atoms with Gasteiger partial charge in [0.1, 0.15) is 24.4 Å². The first-order valence-corrected chi connectivity index (χ1v) is 8.66. The van der Waals surface area contributed by atoms with Crippen molar-refractivity contribution in [3.63, 3.8) is 0 Å². The predicted molar refractivity (Wildman–Crippen MR) is 93.9 cm³/mol. The van der Waals surface area contributed by atoms with E-state index in [0.29, 0.717) is 18.7 Å². The van der Waals surface area contributed by atoms with E-state index < -0.39 is 0 Å². The van der Waals surface area contributed by atoms with Gasteiger partial charge >= 0.3 is 5.63 Å². The molecule has 130 valence electrons. The predicted octanol–water partition coefficient (Wildman–Crippen LogP) is 2.50. The Balaban J connectivity index is 1.78. The molecule has 1 aliphatic heterocycles. The van der Waals surface area contributed by atoms with Crippen LogP contribution in [0.25, 0.3) is 11.0 Å². The molecule has 1 N–H and O–H groups in total. The molecule has 0 saturated heterocycles. The van der Waals surface area contributed by atoms with E-state index in [9.17, 15) is 4.79 Å². The molecule has 0 amide bonds. The maximum atomic E-state index is 12.2. The van der Waals surface area contributed by atoms with E-state index >= 15 is 0 Å². The van der Waals surface area contributed by atoms with E-state index in [4.69, 9.17) is 13.6 Å². The van der Waals surface area contributed by atoms with E-state index in [1.807, 2.05) is 32.9 Å². The summed E-state index contributed by atoms with van der Waals surface area (Å²) in [7, 11) is 0. The summed E-state index contributed by atoms with van der Waals surface area (Å²) >= 11 is 0. The van der Waals surface area contributed by atoms with Crippen LogP contribution in [0.1, 0.15) is 34.9 Å². The Morgan fingerprint density at radius 2 is 2.08 bits per heavy atom. The van der Waals surface area contributed by atoms with Crippen LogP contribution in [0.15, 0.2) is 38.1 Å². The minimum absolute atomic E-state index is 0.239. The highest BCUT2D eigenvalue weighted by Crippen LogP contribution is 2.34. The highest BCUT2D eigenvalue weighted by molar-refractivity contribution is 5.87. The SMILES string of the molecule is CCc1c(C)c2cc3c(c(C)c2oc1=O)OC[NH+](Cc1ccco1)C3. The Morgan fingerprint density at radius 3 is 2.80 bits per heavy atom. The number of hydrogen-bond acceptors (Lipinski definition) is 4. The smallest absolute Gasteiger partial charge is 0.339 e. The normalized spacial score (nSPS) is 16.7. The quantitative estimate of drug-likeness (QED) is 0.745. The molecule has 1 aromatic carbocycles. The molecule has 0 spiro atoms. The zero-order valence-corrected chi connectivity index (χ0v) is 14.8. The van der Waals surface area contributed by atoms with Gasteiger partial charge in [-0.3, -0.25) is 4.90 Å². The summed E-state index contributed by atoms with van der Waals surface area (Å²) in [6.45, 7) is 8.15. The molecule has 3 aromatic rings. The molecule has 0 fully saturated rings. The van der Waals surface area contributed by atoms with Gasteiger partial charge in [0.05, 0.1) is 6.26 Å². The number of furan rings is 1. The zero-order chi connectivity index (χ0) is 17.6. The van der Waals surface area contributed by atoms with Gasteiger partial charge in [0, 0.05) is 22.1 Å². The maximum absolute atomic E-state index is 12.2. The number of rotatable bonds is 3. The number of aryl methyl sites for hydroxylation is 2. The number of quaternary nitrogens is 1. The van der Waals surface area contributed by atoms with Crippen molar-refractivity contribution in [1.29, 1.82) is 0 Å². The minimum Gasteiger partial charge on any atom is -0.463 e. The molecule has 0 aliphatic carbocycles. The monoisotopic (exact) mass is 340 g/mol. The van der Waals surface area contributed by atoms with Crippen LogP contribution in [-0.2, 0) is 19.5 Å². The van der Waals surface area contributed by atoms with Crippen LogP contribution in [0.2, 0.25) is 0 Å². The lowest BCUT2D eigenvalue weighted by Crippen LogP contribution is -3.10. The van der Waals surface area contributed by atoms with Gasteiger partial charge in [-0.1, -0.05) is 6.92 Å². The summed E-state index contributed by atoms with van der Waals surface area (Å²) in [6.07, 6.45) is 2.37. The van der Waals surface area contributed by atoms with E-state index in [2.05, 4.69) is 6.07 Å². The van der Waals surface area contributed by atoms with Crippen LogP contribution in [0, 0.1) is 13.8 Å². The van der Waals surface area contributed by atoms with Crippen LogP contribution in [0.4, 0.5) is 0 Å². The molecule has 5 heteroatoms. The Hall–Kier alpha value is -2.53. The van der Waals surface area contributed by atoms with E-state index in [0.717, 1.165) is 52.2 Å². The van der Waals surface area contributed by atoms with Gasteiger partial charge in [0.15, 0.2) is 5.76 Å². The molecule has 5 nitrogen and oxygen atoms in total. The average Bonchev–Trinajstić information content (AvgIpc) is 3.10. The van der Waals surface area contributed by atoms with Crippen molar-refractivity contribution in [2.75, 3.05) is 6.73 Å². The molecule has 25 heavy (non-hydrogen) atoms. The van der Waals surface area contributed by atoms with Crippen molar-refractivity contribution < 1.29 is 18.5 Å². The Morgan fingerprint density at radius 1 is 1.24 bits per heavy atom. The van der Waals surface area contributed by atoms with E-state index in [-0.39, 0.29) is 5.63 Å². The lowest BCUT2D eigenvalue weighted by Gasteiger charge is -2.27. The molecule has 0 saturated carbocycles. The highest BCUT2D eigenvalue weighted by atomic mass is 16.5. The Kier molecular flexibility index (Phi) is 3.88. The lowest BCUT2D eigenvalue weighted by molar-refractivity contribution is -0.946. The van der Waals surface area contributed by atoms with Crippen LogP contribution in [0.3, 0.4) is 0 Å². The summed E-state index contributed by atoms with van der Waals surface area (Å²) in [5.74, 6) is 1.80. The van der Waals surface area contributed by atoms with Crippen LogP contribution in [0.5, 0.6) is 5.75 Å². The van der Waals surface area contributed by atoms with Crippen molar-refractivity contribution in [3.8, 4) is 5.75 Å². The summed E-state index contributed by atoms with van der Waals surface area (Å²) in [5.41, 5.74) is 4.23. The van der Waals surface area contributed by atoms with Crippen molar-refractivity contribution in [2.24, 2.45) is 0 Å². The van der Waals surface area contributed by atoms with Crippen molar-refractivity contribution in [2.45, 2.75) is 40.3 Å². The Labute approximate surface area is 145 Å². The number of ether oxygens (including phenoxy) is 1. The number of benzene rings is 1. The molecule has 1 atom stereocenters. The number of fused-ring (bicyclic) bond motifs is 2. The lowest BCUT2D eigenvalue weighted by atomic mass is 9.98. The van der Waals surface area contributed by atoms with E-state index in [1.54, 1.807) is 6.26 Å². The fourth-order valence-corrected chi connectivity index (χ4v) is 3.74. The van der Waals surface area contributed by atoms with Gasteiger partial charge in [-0.2, -0.15) is 0 Å². The highest BCUT2D eigenvalue weighted by Gasteiger charge is 2.26. The van der Waals surface area contributed by atoms with Gasteiger partial charge in [-0.05, 0) is 44.0 Å². The van der Waals surface area contributed by atoms with Crippen LogP contribution in [-0.4, -0.2) is 6.73 Å².